The van der Waals surface area contributed by atoms with E-state index in [1.807, 2.05) is 19.1 Å². The third-order valence-corrected chi connectivity index (χ3v) is 6.29. The second kappa shape index (κ2) is 9.96. The first-order valence-corrected chi connectivity index (χ1v) is 10.9. The molecule has 2 aromatic rings. The number of benzene rings is 2. The number of sulfonamides is 1. The Hall–Kier alpha value is -2.29. The molecule has 0 heterocycles. The molecule has 1 unspecified atom stereocenters. The maximum Gasteiger partial charge on any atom is 0.246 e. The maximum absolute atomic E-state index is 12.6. The van der Waals surface area contributed by atoms with Crippen LogP contribution in [0.25, 0.3) is 0 Å². The maximum atomic E-state index is 12.6. The molecular weight excluding hydrogens is 414 g/mol. The molecule has 7 nitrogen and oxygen atoms in total. The highest BCUT2D eigenvalue weighted by molar-refractivity contribution is 7.89. The monoisotopic (exact) mass is 439 g/mol. The average molecular weight is 440 g/mol. The van der Waals surface area contributed by atoms with E-state index in [0.717, 1.165) is 9.87 Å². The van der Waals surface area contributed by atoms with Crippen molar-refractivity contribution in [2.24, 2.45) is 0 Å². The molecule has 0 fully saturated rings. The summed E-state index contributed by atoms with van der Waals surface area (Å²) in [7, 11) is -0.782. The van der Waals surface area contributed by atoms with E-state index in [9.17, 15) is 13.2 Å². The van der Waals surface area contributed by atoms with Crippen LogP contribution in [0, 0.1) is 0 Å². The zero-order valence-electron chi connectivity index (χ0n) is 16.9. The summed E-state index contributed by atoms with van der Waals surface area (Å²) in [5.74, 6) is 0.0471. The fourth-order valence-electron chi connectivity index (χ4n) is 2.60. The van der Waals surface area contributed by atoms with Gasteiger partial charge in [0.25, 0.3) is 0 Å². The zero-order valence-corrected chi connectivity index (χ0v) is 18.5. The number of nitrogens with one attached hydrogen (secondary N) is 2. The van der Waals surface area contributed by atoms with Crippen LogP contribution < -0.4 is 15.4 Å². The zero-order chi connectivity index (χ0) is 21.6. The fraction of sp³-hybridized carbons (Fsp3) is 0.350. The van der Waals surface area contributed by atoms with Crippen molar-refractivity contribution >= 4 is 33.2 Å². The van der Waals surface area contributed by atoms with Crippen LogP contribution in [0.5, 0.6) is 5.75 Å². The van der Waals surface area contributed by atoms with Gasteiger partial charge in [-0.1, -0.05) is 23.7 Å². The predicted molar refractivity (Wildman–Crippen MR) is 115 cm³/mol. The lowest BCUT2D eigenvalue weighted by Gasteiger charge is -2.18. The molecule has 0 saturated carbocycles. The highest BCUT2D eigenvalue weighted by Crippen LogP contribution is 2.29. The molecule has 0 bridgehead atoms. The Bertz CT molecular complexity index is 947. The molecule has 2 aromatic carbocycles. The Kier molecular flexibility index (Phi) is 7.89. The van der Waals surface area contributed by atoms with Gasteiger partial charge in [-0.25, -0.2) is 12.7 Å². The van der Waals surface area contributed by atoms with Crippen molar-refractivity contribution in [1.82, 2.24) is 9.62 Å². The number of hydrogen-bond acceptors (Lipinski definition) is 5. The Morgan fingerprint density at radius 2 is 1.83 bits per heavy atom. The minimum Gasteiger partial charge on any atom is -0.492 e. The first-order chi connectivity index (χ1) is 13.6. The molecule has 2 N–H and O–H groups in total. The number of carbonyl (C=O) groups is 1. The average Bonchev–Trinajstić information content (AvgIpc) is 2.67. The van der Waals surface area contributed by atoms with Crippen molar-refractivity contribution < 1.29 is 17.9 Å². The predicted octanol–water partition coefficient (Wildman–Crippen LogP) is 3.28. The number of halogens is 1. The Balaban J connectivity index is 2.08. The molecule has 0 aliphatic heterocycles. The van der Waals surface area contributed by atoms with Crippen molar-refractivity contribution in [2.75, 3.05) is 32.6 Å². The molecule has 0 radical (unpaired) electrons. The third kappa shape index (κ3) is 6.09. The van der Waals surface area contributed by atoms with Crippen LogP contribution in [0.3, 0.4) is 0 Å². The Morgan fingerprint density at radius 3 is 2.41 bits per heavy atom. The molecule has 0 spiro atoms. The highest BCUT2D eigenvalue weighted by atomic mass is 35.5. The molecule has 29 heavy (non-hydrogen) atoms. The van der Waals surface area contributed by atoms with Crippen LogP contribution in [-0.4, -0.2) is 45.9 Å². The molecule has 1 amide bonds. The van der Waals surface area contributed by atoms with E-state index in [1.54, 1.807) is 31.2 Å². The van der Waals surface area contributed by atoms with Crippen molar-refractivity contribution in [1.29, 1.82) is 0 Å². The Morgan fingerprint density at radius 1 is 1.17 bits per heavy atom. The third-order valence-electron chi connectivity index (χ3n) is 4.20. The van der Waals surface area contributed by atoms with Crippen LogP contribution in [0.1, 0.15) is 25.5 Å². The molecule has 9 heteroatoms. The highest BCUT2D eigenvalue weighted by Gasteiger charge is 2.23. The molecule has 1 atom stereocenters. The molecule has 0 aromatic heterocycles. The number of nitrogens with zero attached hydrogens (tertiary/aromatic N) is 1. The van der Waals surface area contributed by atoms with Crippen LogP contribution >= 0.6 is 11.6 Å². The van der Waals surface area contributed by atoms with Gasteiger partial charge in [-0.3, -0.25) is 4.79 Å². The fourth-order valence-corrected chi connectivity index (χ4v) is 3.78. The van der Waals surface area contributed by atoms with E-state index in [2.05, 4.69) is 10.6 Å². The van der Waals surface area contributed by atoms with Crippen molar-refractivity contribution in [3.63, 3.8) is 0 Å². The van der Waals surface area contributed by atoms with Gasteiger partial charge in [-0.05, 0) is 49.7 Å². The van der Waals surface area contributed by atoms with Gasteiger partial charge in [0, 0.05) is 24.8 Å². The molecule has 2 rings (SSSR count). The minimum absolute atomic E-state index is 0.00658. The summed E-state index contributed by atoms with van der Waals surface area (Å²) in [5, 5.41) is 6.48. The van der Waals surface area contributed by atoms with E-state index in [1.165, 1.54) is 20.2 Å². The van der Waals surface area contributed by atoms with Crippen molar-refractivity contribution in [2.45, 2.75) is 24.8 Å². The first-order valence-electron chi connectivity index (χ1n) is 9.13. The molecular formula is C20H26ClN3O4S. The van der Waals surface area contributed by atoms with Crippen LogP contribution in [0.15, 0.2) is 47.4 Å². The molecule has 0 aliphatic rings. The lowest BCUT2D eigenvalue weighted by Crippen LogP contribution is -2.32. The number of carbonyl (C=O) groups excluding carboxylic acids is 1. The van der Waals surface area contributed by atoms with E-state index < -0.39 is 10.0 Å². The van der Waals surface area contributed by atoms with E-state index in [4.69, 9.17) is 16.3 Å². The van der Waals surface area contributed by atoms with Crippen LogP contribution in [-0.2, 0) is 14.8 Å². The smallest absolute Gasteiger partial charge is 0.246 e. The molecule has 158 valence electrons. The lowest BCUT2D eigenvalue weighted by molar-refractivity contribution is -0.120. The van der Waals surface area contributed by atoms with E-state index in [0.29, 0.717) is 17.3 Å². The topological polar surface area (TPSA) is 87.7 Å². The van der Waals surface area contributed by atoms with E-state index in [-0.39, 0.29) is 29.1 Å². The lowest BCUT2D eigenvalue weighted by atomic mass is 10.1. The molecule has 0 saturated heterocycles. The van der Waals surface area contributed by atoms with E-state index >= 15 is 0 Å². The number of ether oxygens (including phenoxy) is 1. The van der Waals surface area contributed by atoms with Crippen molar-refractivity contribution in [3.8, 4) is 5.75 Å². The molecule has 0 aliphatic carbocycles. The summed E-state index contributed by atoms with van der Waals surface area (Å²) in [6.45, 7) is 3.99. The van der Waals surface area contributed by atoms with Gasteiger partial charge in [0.1, 0.15) is 10.6 Å². The normalized spacial score (nSPS) is 12.5. The number of rotatable bonds is 9. The van der Waals surface area contributed by atoms with Gasteiger partial charge in [0.2, 0.25) is 15.9 Å². The summed E-state index contributed by atoms with van der Waals surface area (Å²) in [6.07, 6.45) is 0. The van der Waals surface area contributed by atoms with Gasteiger partial charge >= 0.3 is 0 Å². The van der Waals surface area contributed by atoms with Gasteiger partial charge in [-0.15, -0.1) is 0 Å². The van der Waals surface area contributed by atoms with Gasteiger partial charge in [0.15, 0.2) is 0 Å². The second-order valence-corrected chi connectivity index (χ2v) is 9.13. The van der Waals surface area contributed by atoms with Gasteiger partial charge in [0.05, 0.1) is 19.2 Å². The van der Waals surface area contributed by atoms with Crippen LogP contribution in [0.2, 0.25) is 5.02 Å². The summed E-state index contributed by atoms with van der Waals surface area (Å²) >= 11 is 5.88. The first kappa shape index (κ1) is 23.0. The van der Waals surface area contributed by atoms with Crippen molar-refractivity contribution in [3.05, 3.63) is 53.1 Å². The quantitative estimate of drug-likeness (QED) is 0.626. The number of amides is 1. The van der Waals surface area contributed by atoms with Gasteiger partial charge in [-0.2, -0.15) is 0 Å². The summed E-state index contributed by atoms with van der Waals surface area (Å²) in [5.41, 5.74) is 1.44. The largest absolute Gasteiger partial charge is 0.492 e. The van der Waals surface area contributed by atoms with Gasteiger partial charge < -0.3 is 15.4 Å². The summed E-state index contributed by atoms with van der Waals surface area (Å²) in [6, 6.07) is 11.8. The summed E-state index contributed by atoms with van der Waals surface area (Å²) in [4.78, 5) is 12.3. The standard InChI is InChI=1S/C20H26ClN3O4S/c1-5-28-18-11-10-17(12-19(18)29(26,27)24(3)4)22-13-20(25)23-14(2)15-6-8-16(21)9-7-15/h6-12,14,22H,5,13H2,1-4H3,(H,23,25). The van der Waals surface area contributed by atoms with Crippen LogP contribution in [0.4, 0.5) is 5.69 Å². The minimum atomic E-state index is -3.69. The second-order valence-electron chi connectivity index (χ2n) is 6.58. The SMILES string of the molecule is CCOc1ccc(NCC(=O)NC(C)c2ccc(Cl)cc2)cc1S(=O)(=O)N(C)C. The Labute approximate surface area is 177 Å². The summed E-state index contributed by atoms with van der Waals surface area (Å²) < 4.78 is 31.7. The number of anilines is 1. The number of hydrogen-bond donors (Lipinski definition) is 2.